The van der Waals surface area contributed by atoms with Crippen molar-refractivity contribution in [3.63, 3.8) is 0 Å². The van der Waals surface area contributed by atoms with Crippen LogP contribution >= 0.6 is 0 Å². The summed E-state index contributed by atoms with van der Waals surface area (Å²) < 4.78 is 6.28. The summed E-state index contributed by atoms with van der Waals surface area (Å²) in [6, 6.07) is 3.14. The van der Waals surface area contributed by atoms with Gasteiger partial charge in [0.05, 0.1) is 18.4 Å². The van der Waals surface area contributed by atoms with Gasteiger partial charge in [0.15, 0.2) is 0 Å². The Hall–Kier alpha value is -2.90. The standard InChI is InChI=1S/C13H15N5O3/c1-3-21-13(20)9-7-16-18(2)11(9)17-12(19)8-5-4-6-15-10(8)14/h4-7H,3H2,1-2H3,(H2,14,15)(H,17,19). The Balaban J connectivity index is 2.28. The van der Waals surface area contributed by atoms with Crippen LogP contribution in [0.25, 0.3) is 0 Å². The molecular weight excluding hydrogens is 274 g/mol. The van der Waals surface area contributed by atoms with Crippen LogP contribution in [0.2, 0.25) is 0 Å². The maximum absolute atomic E-state index is 12.2. The smallest absolute Gasteiger partial charge is 0.343 e. The van der Waals surface area contributed by atoms with Crippen LogP contribution in [0, 0.1) is 0 Å². The molecule has 0 aliphatic heterocycles. The highest BCUT2D eigenvalue weighted by Crippen LogP contribution is 2.17. The van der Waals surface area contributed by atoms with Gasteiger partial charge in [-0.3, -0.25) is 9.48 Å². The second kappa shape index (κ2) is 6.04. The highest BCUT2D eigenvalue weighted by molar-refractivity contribution is 6.09. The summed E-state index contributed by atoms with van der Waals surface area (Å²) in [5.74, 6) is -0.689. The van der Waals surface area contributed by atoms with E-state index in [1.165, 1.54) is 23.1 Å². The fourth-order valence-electron chi connectivity index (χ4n) is 1.73. The molecule has 8 nitrogen and oxygen atoms in total. The zero-order valence-corrected chi connectivity index (χ0v) is 11.7. The third-order valence-corrected chi connectivity index (χ3v) is 2.75. The number of rotatable bonds is 4. The van der Waals surface area contributed by atoms with Crippen molar-refractivity contribution in [2.45, 2.75) is 6.92 Å². The van der Waals surface area contributed by atoms with Crippen molar-refractivity contribution in [1.82, 2.24) is 14.8 Å². The number of hydrogen-bond acceptors (Lipinski definition) is 6. The first-order chi connectivity index (χ1) is 10.0. The molecule has 1 amide bonds. The summed E-state index contributed by atoms with van der Waals surface area (Å²) in [6.07, 6.45) is 2.82. The number of carbonyl (C=O) groups is 2. The molecule has 0 atom stereocenters. The van der Waals surface area contributed by atoms with Gasteiger partial charge in [-0.05, 0) is 19.1 Å². The van der Waals surface area contributed by atoms with Gasteiger partial charge in [0.25, 0.3) is 5.91 Å². The Morgan fingerprint density at radius 2 is 2.19 bits per heavy atom. The minimum atomic E-state index is -0.556. The largest absolute Gasteiger partial charge is 0.462 e. The van der Waals surface area contributed by atoms with Crippen LogP contribution < -0.4 is 11.1 Å². The molecule has 110 valence electrons. The number of esters is 1. The van der Waals surface area contributed by atoms with E-state index in [4.69, 9.17) is 10.5 Å². The van der Waals surface area contributed by atoms with E-state index in [1.807, 2.05) is 0 Å². The van der Waals surface area contributed by atoms with Gasteiger partial charge in [-0.25, -0.2) is 9.78 Å². The fraction of sp³-hybridized carbons (Fsp3) is 0.231. The predicted octanol–water partition coefficient (Wildman–Crippen LogP) is 0.826. The molecule has 0 aliphatic carbocycles. The molecule has 2 aromatic heterocycles. The van der Waals surface area contributed by atoms with Gasteiger partial charge in [-0.15, -0.1) is 0 Å². The maximum Gasteiger partial charge on any atom is 0.343 e. The number of amides is 1. The molecule has 2 aromatic rings. The van der Waals surface area contributed by atoms with Gasteiger partial charge in [0.1, 0.15) is 17.2 Å². The molecule has 2 rings (SSSR count). The van der Waals surface area contributed by atoms with E-state index in [2.05, 4.69) is 15.4 Å². The number of anilines is 2. The van der Waals surface area contributed by atoms with Gasteiger partial charge in [0.2, 0.25) is 0 Å². The van der Waals surface area contributed by atoms with Gasteiger partial charge < -0.3 is 15.8 Å². The molecule has 0 unspecified atom stereocenters. The molecule has 0 aromatic carbocycles. The predicted molar refractivity (Wildman–Crippen MR) is 75.8 cm³/mol. The summed E-state index contributed by atoms with van der Waals surface area (Å²) in [5, 5.41) is 6.54. The highest BCUT2D eigenvalue weighted by Gasteiger charge is 2.20. The number of nitrogens with two attached hydrogens (primary N) is 1. The number of hydrogen-bond donors (Lipinski definition) is 2. The molecule has 0 bridgehead atoms. The lowest BCUT2D eigenvalue weighted by Gasteiger charge is -2.09. The number of carbonyl (C=O) groups excluding carboxylic acids is 2. The van der Waals surface area contributed by atoms with Crippen LogP contribution in [0.1, 0.15) is 27.6 Å². The van der Waals surface area contributed by atoms with Crippen molar-refractivity contribution in [2.75, 3.05) is 17.7 Å². The Morgan fingerprint density at radius 1 is 1.43 bits per heavy atom. The van der Waals surface area contributed by atoms with Crippen LogP contribution in [0.15, 0.2) is 24.5 Å². The van der Waals surface area contributed by atoms with Crippen LogP contribution in [-0.4, -0.2) is 33.2 Å². The number of nitrogen functional groups attached to an aromatic ring is 1. The summed E-state index contributed by atoms with van der Waals surface area (Å²) >= 11 is 0. The van der Waals surface area contributed by atoms with Gasteiger partial charge >= 0.3 is 5.97 Å². The fourth-order valence-corrected chi connectivity index (χ4v) is 1.73. The van der Waals surface area contributed by atoms with Crippen LogP contribution in [0.3, 0.4) is 0 Å². The average Bonchev–Trinajstić information content (AvgIpc) is 2.81. The zero-order valence-electron chi connectivity index (χ0n) is 11.7. The normalized spacial score (nSPS) is 10.2. The third-order valence-electron chi connectivity index (χ3n) is 2.75. The minimum Gasteiger partial charge on any atom is -0.462 e. The minimum absolute atomic E-state index is 0.106. The molecule has 0 spiro atoms. The van der Waals surface area contributed by atoms with Crippen molar-refractivity contribution >= 4 is 23.5 Å². The molecule has 21 heavy (non-hydrogen) atoms. The topological polar surface area (TPSA) is 112 Å². The Labute approximate surface area is 120 Å². The van der Waals surface area contributed by atoms with Crippen LogP contribution in [0.5, 0.6) is 0 Å². The maximum atomic E-state index is 12.2. The van der Waals surface area contributed by atoms with Gasteiger partial charge in [-0.2, -0.15) is 5.10 Å². The van der Waals surface area contributed by atoms with Crippen molar-refractivity contribution in [3.8, 4) is 0 Å². The number of ether oxygens (including phenoxy) is 1. The number of nitrogens with one attached hydrogen (secondary N) is 1. The first-order valence-electron chi connectivity index (χ1n) is 6.25. The lowest BCUT2D eigenvalue weighted by molar-refractivity contribution is 0.0527. The SMILES string of the molecule is CCOC(=O)c1cnn(C)c1NC(=O)c1cccnc1N. The van der Waals surface area contributed by atoms with E-state index in [-0.39, 0.29) is 29.4 Å². The van der Waals surface area contributed by atoms with Crippen molar-refractivity contribution in [3.05, 3.63) is 35.7 Å². The number of aromatic nitrogens is 3. The van der Waals surface area contributed by atoms with E-state index in [0.29, 0.717) is 0 Å². The third kappa shape index (κ3) is 2.99. The van der Waals surface area contributed by atoms with Crippen molar-refractivity contribution in [2.24, 2.45) is 7.05 Å². The quantitative estimate of drug-likeness (QED) is 0.806. The Kier molecular flexibility index (Phi) is 4.17. The number of aryl methyl sites for hydroxylation is 1. The number of nitrogens with zero attached hydrogens (tertiary/aromatic N) is 3. The molecule has 3 N–H and O–H groups in total. The molecule has 8 heteroatoms. The molecule has 0 aliphatic rings. The Bertz CT molecular complexity index is 680. The van der Waals surface area contributed by atoms with Crippen LogP contribution in [-0.2, 0) is 11.8 Å². The zero-order chi connectivity index (χ0) is 15.4. The molecule has 2 heterocycles. The monoisotopic (exact) mass is 289 g/mol. The summed E-state index contributed by atoms with van der Waals surface area (Å²) in [5.41, 5.74) is 6.04. The molecular formula is C13H15N5O3. The van der Waals surface area contributed by atoms with Gasteiger partial charge in [0, 0.05) is 13.2 Å². The second-order valence-corrected chi connectivity index (χ2v) is 4.14. The average molecular weight is 289 g/mol. The van der Waals surface area contributed by atoms with E-state index in [1.54, 1.807) is 20.0 Å². The lowest BCUT2D eigenvalue weighted by Crippen LogP contribution is -2.19. The summed E-state index contributed by atoms with van der Waals surface area (Å²) in [6.45, 7) is 1.93. The first kappa shape index (κ1) is 14.5. The van der Waals surface area contributed by atoms with E-state index in [0.717, 1.165) is 0 Å². The van der Waals surface area contributed by atoms with Crippen molar-refractivity contribution < 1.29 is 14.3 Å². The molecule has 0 saturated heterocycles. The van der Waals surface area contributed by atoms with Crippen LogP contribution in [0.4, 0.5) is 11.6 Å². The van der Waals surface area contributed by atoms with E-state index >= 15 is 0 Å². The van der Waals surface area contributed by atoms with E-state index < -0.39 is 11.9 Å². The highest BCUT2D eigenvalue weighted by atomic mass is 16.5. The van der Waals surface area contributed by atoms with Crippen molar-refractivity contribution in [1.29, 1.82) is 0 Å². The Morgan fingerprint density at radius 3 is 2.86 bits per heavy atom. The number of pyridine rings is 1. The second-order valence-electron chi connectivity index (χ2n) is 4.14. The molecule has 0 fully saturated rings. The lowest BCUT2D eigenvalue weighted by atomic mass is 10.2. The van der Waals surface area contributed by atoms with E-state index in [9.17, 15) is 9.59 Å². The molecule has 0 radical (unpaired) electrons. The summed E-state index contributed by atoms with van der Waals surface area (Å²) in [4.78, 5) is 27.8. The first-order valence-corrected chi connectivity index (χ1v) is 6.25. The molecule has 0 saturated carbocycles. The van der Waals surface area contributed by atoms with Gasteiger partial charge in [-0.1, -0.05) is 0 Å². The summed E-state index contributed by atoms with van der Waals surface area (Å²) in [7, 11) is 1.60.